The number of aliphatic hydroxyl groups is 2. The number of aromatic nitrogens is 2. The molecule has 0 unspecified atom stereocenters. The monoisotopic (exact) mass is 560 g/mol. The second kappa shape index (κ2) is 11.6. The zero-order valence-electron chi connectivity index (χ0n) is 21.7. The van der Waals surface area contributed by atoms with Gasteiger partial charge in [-0.2, -0.15) is 10.1 Å². The van der Waals surface area contributed by atoms with Gasteiger partial charge in [0.05, 0.1) is 28.1 Å². The minimum absolute atomic E-state index is 0.000565. The Labute approximate surface area is 231 Å². The first-order valence-electron chi connectivity index (χ1n) is 12.0. The number of anilines is 1. The van der Waals surface area contributed by atoms with Gasteiger partial charge in [-0.25, -0.2) is 9.48 Å². The number of nitrogens with one attached hydrogen (secondary N) is 3. The molecule has 3 amide bonds. The van der Waals surface area contributed by atoms with Crippen LogP contribution in [0.5, 0.6) is 0 Å². The van der Waals surface area contributed by atoms with E-state index in [1.54, 1.807) is 0 Å². The van der Waals surface area contributed by atoms with Crippen molar-refractivity contribution < 1.29 is 34.5 Å². The van der Waals surface area contributed by atoms with Crippen LogP contribution >= 0.6 is 0 Å². The summed E-state index contributed by atoms with van der Waals surface area (Å²) < 4.78 is 1.09. The number of aromatic carboxylic acids is 1. The molecule has 0 bridgehead atoms. The fraction of sp³-hybridized carbons (Fsp3) is 0.111. The van der Waals surface area contributed by atoms with E-state index in [2.05, 4.69) is 20.8 Å². The number of rotatable bonds is 8. The standard InChI is InChI=1S/C27H24N6O8/c1-28-22(34)20-18(24(36)32(30-20)16-10-6-14(7-11-16)26(38)39)4-3-5-19-21(23(35)29-2)31-33(25(19)37)17-12-8-15(9-13-17)27(40)41/h3-13,26,30,38-39H,1-2H3,(H,28,34)(H,29,35)(H,40,41). The molecule has 0 spiro atoms. The van der Waals surface area contributed by atoms with E-state index in [9.17, 15) is 34.2 Å². The number of aromatic amines is 1. The van der Waals surface area contributed by atoms with Gasteiger partial charge in [0.25, 0.3) is 23.3 Å². The van der Waals surface area contributed by atoms with Crippen molar-refractivity contribution in [1.82, 2.24) is 20.4 Å². The lowest BCUT2D eigenvalue weighted by Gasteiger charge is -2.11. The molecule has 1 aliphatic heterocycles. The molecule has 4 rings (SSSR count). The molecule has 6 N–H and O–H groups in total. The summed E-state index contributed by atoms with van der Waals surface area (Å²) in [5.74, 6) is -3.09. The van der Waals surface area contributed by atoms with Gasteiger partial charge in [-0.15, -0.1) is 0 Å². The highest BCUT2D eigenvalue weighted by Gasteiger charge is 2.34. The number of amides is 3. The number of nitrogens with zero attached hydrogens (tertiary/aromatic N) is 3. The molecule has 0 saturated heterocycles. The molecular weight excluding hydrogens is 536 g/mol. The summed E-state index contributed by atoms with van der Waals surface area (Å²) in [6, 6.07) is 11.0. The first-order chi connectivity index (χ1) is 19.6. The fourth-order valence-corrected chi connectivity index (χ4v) is 3.89. The largest absolute Gasteiger partial charge is 0.478 e. The van der Waals surface area contributed by atoms with Gasteiger partial charge in [0, 0.05) is 19.7 Å². The van der Waals surface area contributed by atoms with E-state index in [-0.39, 0.29) is 39.4 Å². The van der Waals surface area contributed by atoms with Crippen molar-refractivity contribution >= 4 is 41.2 Å². The number of carboxylic acid groups (broad SMARTS) is 1. The van der Waals surface area contributed by atoms with Crippen LogP contribution in [0, 0.1) is 0 Å². The van der Waals surface area contributed by atoms with Crippen LogP contribution in [-0.2, 0) is 9.59 Å². The number of benzene rings is 2. The Balaban J connectivity index is 1.71. The average Bonchev–Trinajstić information content (AvgIpc) is 3.48. The highest BCUT2D eigenvalue weighted by molar-refractivity contribution is 6.54. The molecule has 2 heterocycles. The quantitative estimate of drug-likeness (QED) is 0.166. The molecule has 0 aliphatic carbocycles. The number of carbonyl (C=O) groups is 4. The van der Waals surface area contributed by atoms with Crippen molar-refractivity contribution in [3.8, 4) is 5.69 Å². The number of allylic oxidation sites excluding steroid dienone is 2. The Morgan fingerprint density at radius 2 is 1.54 bits per heavy atom. The summed E-state index contributed by atoms with van der Waals surface area (Å²) in [5.41, 5.74) is -0.348. The highest BCUT2D eigenvalue weighted by Crippen LogP contribution is 2.24. The van der Waals surface area contributed by atoms with Crippen molar-refractivity contribution in [3.63, 3.8) is 0 Å². The summed E-state index contributed by atoms with van der Waals surface area (Å²) in [5, 5.41) is 40.3. The van der Waals surface area contributed by atoms with E-state index >= 15 is 0 Å². The van der Waals surface area contributed by atoms with E-state index in [1.165, 1.54) is 80.9 Å². The third-order valence-electron chi connectivity index (χ3n) is 6.03. The third-order valence-corrected chi connectivity index (χ3v) is 6.03. The minimum atomic E-state index is -1.70. The van der Waals surface area contributed by atoms with Gasteiger partial charge in [-0.3, -0.25) is 24.3 Å². The van der Waals surface area contributed by atoms with Crippen LogP contribution in [0.1, 0.15) is 38.3 Å². The number of hydrazone groups is 1. The van der Waals surface area contributed by atoms with E-state index in [0.29, 0.717) is 5.69 Å². The Bertz CT molecular complexity index is 1680. The molecule has 41 heavy (non-hydrogen) atoms. The maximum Gasteiger partial charge on any atom is 0.335 e. The van der Waals surface area contributed by atoms with Crippen LogP contribution in [-0.4, -0.2) is 68.6 Å². The Morgan fingerprint density at radius 3 is 2.10 bits per heavy atom. The van der Waals surface area contributed by atoms with Gasteiger partial charge >= 0.3 is 5.97 Å². The van der Waals surface area contributed by atoms with Crippen LogP contribution < -0.4 is 21.2 Å². The van der Waals surface area contributed by atoms with Crippen molar-refractivity contribution in [2.45, 2.75) is 6.29 Å². The molecule has 0 radical (unpaired) electrons. The van der Waals surface area contributed by atoms with E-state index in [4.69, 9.17) is 5.11 Å². The number of carboxylic acids is 1. The second-order valence-corrected chi connectivity index (χ2v) is 8.52. The highest BCUT2D eigenvalue weighted by atomic mass is 16.5. The molecule has 3 aromatic rings. The van der Waals surface area contributed by atoms with E-state index in [1.807, 2.05) is 0 Å². The molecule has 210 valence electrons. The maximum absolute atomic E-state index is 13.2. The van der Waals surface area contributed by atoms with E-state index in [0.717, 1.165) is 9.69 Å². The number of hydrogen-bond donors (Lipinski definition) is 6. The summed E-state index contributed by atoms with van der Waals surface area (Å²) >= 11 is 0. The molecular formula is C27H24N6O8. The van der Waals surface area contributed by atoms with Crippen LogP contribution in [0.3, 0.4) is 0 Å². The van der Waals surface area contributed by atoms with Gasteiger partial charge in [0.15, 0.2) is 12.0 Å². The second-order valence-electron chi connectivity index (χ2n) is 8.52. The molecule has 14 heteroatoms. The third kappa shape index (κ3) is 5.59. The van der Waals surface area contributed by atoms with Crippen LogP contribution in [0.4, 0.5) is 5.69 Å². The van der Waals surface area contributed by atoms with Gasteiger partial charge in [0.1, 0.15) is 5.69 Å². The normalized spacial score (nSPS) is 14.2. The van der Waals surface area contributed by atoms with Gasteiger partial charge in [-0.05, 0) is 48.6 Å². The summed E-state index contributed by atoms with van der Waals surface area (Å²) in [6.07, 6.45) is 2.18. The van der Waals surface area contributed by atoms with Gasteiger partial charge < -0.3 is 26.0 Å². The van der Waals surface area contributed by atoms with Crippen LogP contribution in [0.25, 0.3) is 11.8 Å². The molecule has 14 nitrogen and oxygen atoms in total. The summed E-state index contributed by atoms with van der Waals surface area (Å²) in [4.78, 5) is 62.6. The number of aliphatic hydroxyl groups excluding tert-OH is 1. The Kier molecular flexibility index (Phi) is 8.07. The molecule has 0 fully saturated rings. The predicted molar refractivity (Wildman–Crippen MR) is 146 cm³/mol. The fourth-order valence-electron chi connectivity index (χ4n) is 3.89. The Morgan fingerprint density at radius 1 is 0.927 bits per heavy atom. The first-order valence-corrected chi connectivity index (χ1v) is 12.0. The van der Waals surface area contributed by atoms with Crippen LogP contribution in [0.2, 0.25) is 0 Å². The lowest BCUT2D eigenvalue weighted by molar-refractivity contribution is -0.116. The van der Waals surface area contributed by atoms with Crippen LogP contribution in [0.15, 0.2) is 76.2 Å². The molecule has 1 aliphatic rings. The maximum atomic E-state index is 13.2. The minimum Gasteiger partial charge on any atom is -0.478 e. The zero-order chi connectivity index (χ0) is 29.8. The van der Waals surface area contributed by atoms with Gasteiger partial charge in [0.2, 0.25) is 0 Å². The lowest BCUT2D eigenvalue weighted by Crippen LogP contribution is -2.28. The number of H-pyrrole nitrogens is 1. The van der Waals surface area contributed by atoms with Crippen molar-refractivity contribution in [1.29, 1.82) is 0 Å². The number of hydrogen-bond acceptors (Lipinski definition) is 8. The van der Waals surface area contributed by atoms with Crippen molar-refractivity contribution in [2.24, 2.45) is 5.10 Å². The first kappa shape index (κ1) is 28.4. The molecule has 1 aromatic heterocycles. The molecule has 0 atom stereocenters. The summed E-state index contributed by atoms with van der Waals surface area (Å²) in [6.45, 7) is 0. The Hall–Kier alpha value is -5.60. The zero-order valence-corrected chi connectivity index (χ0v) is 21.7. The van der Waals surface area contributed by atoms with Crippen molar-refractivity contribution in [3.05, 3.63) is 99.0 Å². The molecule has 0 saturated carbocycles. The van der Waals surface area contributed by atoms with E-state index < -0.39 is 35.5 Å². The topological polar surface area (TPSA) is 206 Å². The predicted octanol–water partition coefficient (Wildman–Crippen LogP) is 0.295. The number of carbonyl (C=O) groups excluding carboxylic acids is 3. The van der Waals surface area contributed by atoms with Crippen molar-refractivity contribution in [2.75, 3.05) is 19.1 Å². The average molecular weight is 561 g/mol. The SMILES string of the molecule is CNC(=O)C1=NN(c2ccc(C(=O)O)cc2)C(=O)C1=CC=Cc1c(C(=O)NC)[nH]n(-c2ccc(C(O)O)cc2)c1=O. The smallest absolute Gasteiger partial charge is 0.335 e. The van der Waals surface area contributed by atoms with Gasteiger partial charge in [-0.1, -0.05) is 18.2 Å². The molecule has 2 aromatic carbocycles. The summed E-state index contributed by atoms with van der Waals surface area (Å²) in [7, 11) is 2.74. The lowest BCUT2D eigenvalue weighted by atomic mass is 10.1.